The molecule has 4 heteroatoms. The van der Waals surface area contributed by atoms with Crippen molar-refractivity contribution in [3.8, 4) is 0 Å². The Balaban J connectivity index is 2.07. The first-order valence-corrected chi connectivity index (χ1v) is 7.21. The van der Waals surface area contributed by atoms with Gasteiger partial charge in [-0.1, -0.05) is 13.3 Å². The van der Waals surface area contributed by atoms with Gasteiger partial charge in [0.15, 0.2) is 0 Å². The highest BCUT2D eigenvalue weighted by Crippen LogP contribution is 2.31. The van der Waals surface area contributed by atoms with E-state index in [0.29, 0.717) is 4.88 Å². The van der Waals surface area contributed by atoms with Gasteiger partial charge >= 0.3 is 0 Å². The molecule has 2 aromatic heterocycles. The summed E-state index contributed by atoms with van der Waals surface area (Å²) in [7, 11) is 0. The first-order valence-electron chi connectivity index (χ1n) is 6.39. The van der Waals surface area contributed by atoms with E-state index in [1.54, 1.807) is 0 Å². The molecular weight excluding hydrogens is 244 g/mol. The van der Waals surface area contributed by atoms with Crippen LogP contribution in [0.25, 0.3) is 10.2 Å². The summed E-state index contributed by atoms with van der Waals surface area (Å²) in [5.74, 6) is 0.424. The fourth-order valence-corrected chi connectivity index (χ4v) is 3.56. The van der Waals surface area contributed by atoms with E-state index in [1.165, 1.54) is 35.4 Å². The Labute approximate surface area is 110 Å². The second-order valence-corrected chi connectivity index (χ2v) is 6.01. The van der Waals surface area contributed by atoms with E-state index in [0.717, 1.165) is 29.0 Å². The van der Waals surface area contributed by atoms with Crippen LogP contribution in [0.4, 0.5) is 0 Å². The Kier molecular flexibility index (Phi) is 2.82. The fraction of sp³-hybridized carbons (Fsp3) is 0.429. The number of primary amides is 1. The van der Waals surface area contributed by atoms with Crippen molar-refractivity contribution in [2.24, 2.45) is 11.7 Å². The number of nitrogens with two attached hydrogens (primary N) is 1. The van der Waals surface area contributed by atoms with E-state index < -0.39 is 0 Å². The van der Waals surface area contributed by atoms with Crippen LogP contribution in [-0.4, -0.2) is 10.9 Å². The van der Waals surface area contributed by atoms with Crippen molar-refractivity contribution in [2.45, 2.75) is 32.6 Å². The van der Waals surface area contributed by atoms with Gasteiger partial charge in [0, 0.05) is 11.1 Å². The summed E-state index contributed by atoms with van der Waals surface area (Å²) in [5, 5.41) is 1.06. The third kappa shape index (κ3) is 1.90. The molecule has 94 valence electrons. The number of hydrogen-bond acceptors (Lipinski definition) is 3. The number of carbonyl (C=O) groups is 1. The van der Waals surface area contributed by atoms with Crippen LogP contribution in [0, 0.1) is 5.92 Å². The number of rotatable bonds is 2. The maximum atomic E-state index is 11.2. The highest BCUT2D eigenvalue weighted by atomic mass is 32.1. The fourth-order valence-electron chi connectivity index (χ4n) is 2.67. The number of aromatic nitrogens is 1. The van der Waals surface area contributed by atoms with Crippen LogP contribution in [-0.2, 0) is 12.8 Å². The highest BCUT2D eigenvalue weighted by molar-refractivity contribution is 7.20. The summed E-state index contributed by atoms with van der Waals surface area (Å²) in [6.07, 6.45) is 4.65. The lowest BCUT2D eigenvalue weighted by molar-refractivity contribution is 0.100. The van der Waals surface area contributed by atoms with Crippen LogP contribution in [0.1, 0.15) is 40.7 Å². The Bertz CT molecular complexity index is 618. The van der Waals surface area contributed by atoms with Gasteiger partial charge in [-0.2, -0.15) is 0 Å². The van der Waals surface area contributed by atoms with Crippen molar-refractivity contribution in [3.63, 3.8) is 0 Å². The van der Waals surface area contributed by atoms with Gasteiger partial charge < -0.3 is 5.73 Å². The van der Waals surface area contributed by atoms with Crippen LogP contribution in [0.5, 0.6) is 0 Å². The molecule has 1 unspecified atom stereocenters. The van der Waals surface area contributed by atoms with Crippen LogP contribution in [0.15, 0.2) is 12.1 Å². The van der Waals surface area contributed by atoms with Gasteiger partial charge in [-0.25, -0.2) is 4.98 Å². The van der Waals surface area contributed by atoms with Crippen LogP contribution in [0.3, 0.4) is 0 Å². The topological polar surface area (TPSA) is 56.0 Å². The average Bonchev–Trinajstić information content (AvgIpc) is 2.78. The number of pyridine rings is 1. The van der Waals surface area contributed by atoms with E-state index in [1.807, 2.05) is 6.07 Å². The number of thiophene rings is 1. The normalized spacial score (nSPS) is 18.8. The smallest absolute Gasteiger partial charge is 0.258 e. The molecule has 0 saturated heterocycles. The van der Waals surface area contributed by atoms with Crippen LogP contribution >= 0.6 is 11.3 Å². The van der Waals surface area contributed by atoms with Gasteiger partial charge in [0.1, 0.15) is 4.83 Å². The molecule has 0 aliphatic heterocycles. The molecule has 0 aromatic carbocycles. The summed E-state index contributed by atoms with van der Waals surface area (Å²) in [6, 6.07) is 4.06. The van der Waals surface area contributed by atoms with Gasteiger partial charge in [-0.05, 0) is 42.9 Å². The van der Waals surface area contributed by atoms with Crippen molar-refractivity contribution in [2.75, 3.05) is 0 Å². The molecule has 1 amide bonds. The molecule has 3 nitrogen and oxygen atoms in total. The zero-order valence-electron chi connectivity index (χ0n) is 10.4. The average molecular weight is 260 g/mol. The minimum atomic E-state index is -0.359. The van der Waals surface area contributed by atoms with Gasteiger partial charge in [-0.3, -0.25) is 4.79 Å². The molecule has 2 aromatic rings. The van der Waals surface area contributed by atoms with Crippen LogP contribution < -0.4 is 5.73 Å². The zero-order valence-corrected chi connectivity index (χ0v) is 11.2. The second-order valence-electron chi connectivity index (χ2n) is 4.98. The largest absolute Gasteiger partial charge is 0.365 e. The van der Waals surface area contributed by atoms with Crippen molar-refractivity contribution in [3.05, 3.63) is 28.3 Å². The standard InChI is InChI=1S/C14H16N2OS/c1-2-8-3-4-11-9(5-8)6-10-7-12(13(15)17)18-14(10)16-11/h6-8H,2-5H2,1H3,(H2,15,17). The molecule has 2 N–H and O–H groups in total. The third-order valence-corrected chi connectivity index (χ3v) is 4.85. The quantitative estimate of drug-likeness (QED) is 0.902. The molecule has 2 heterocycles. The number of fused-ring (bicyclic) bond motifs is 2. The van der Waals surface area contributed by atoms with Crippen LogP contribution in [0.2, 0.25) is 0 Å². The van der Waals surface area contributed by atoms with Crippen molar-refractivity contribution < 1.29 is 4.79 Å². The maximum absolute atomic E-state index is 11.2. The SMILES string of the molecule is CCC1CCc2nc3sc(C(N)=O)cc3cc2C1. The number of aryl methyl sites for hydroxylation is 1. The van der Waals surface area contributed by atoms with E-state index >= 15 is 0 Å². The summed E-state index contributed by atoms with van der Waals surface area (Å²) in [4.78, 5) is 17.4. The molecular formula is C14H16N2OS. The van der Waals surface area contributed by atoms with Gasteiger partial charge in [-0.15, -0.1) is 11.3 Å². The molecule has 3 rings (SSSR count). The van der Waals surface area contributed by atoms with Gasteiger partial charge in [0.05, 0.1) is 4.88 Å². The Hall–Kier alpha value is -1.42. The number of nitrogens with zero attached hydrogens (tertiary/aromatic N) is 1. The lowest BCUT2D eigenvalue weighted by Crippen LogP contribution is -2.14. The number of carbonyl (C=O) groups excluding carboxylic acids is 1. The first-order chi connectivity index (χ1) is 8.67. The molecule has 0 bridgehead atoms. The Morgan fingerprint density at radius 3 is 3.11 bits per heavy atom. The molecule has 1 aliphatic rings. The lowest BCUT2D eigenvalue weighted by Gasteiger charge is -2.22. The summed E-state index contributed by atoms with van der Waals surface area (Å²) < 4.78 is 0. The molecule has 0 radical (unpaired) electrons. The molecule has 0 spiro atoms. The maximum Gasteiger partial charge on any atom is 0.258 e. The lowest BCUT2D eigenvalue weighted by atomic mass is 9.85. The van der Waals surface area contributed by atoms with E-state index in [4.69, 9.17) is 10.7 Å². The van der Waals surface area contributed by atoms with Crippen molar-refractivity contribution in [1.82, 2.24) is 4.98 Å². The molecule has 1 atom stereocenters. The van der Waals surface area contributed by atoms with Crippen molar-refractivity contribution >= 4 is 27.5 Å². The zero-order chi connectivity index (χ0) is 12.7. The number of amides is 1. The minimum Gasteiger partial charge on any atom is -0.365 e. The molecule has 18 heavy (non-hydrogen) atoms. The van der Waals surface area contributed by atoms with E-state index in [-0.39, 0.29) is 5.91 Å². The highest BCUT2D eigenvalue weighted by Gasteiger charge is 2.20. The predicted molar refractivity (Wildman–Crippen MR) is 73.9 cm³/mol. The first kappa shape index (κ1) is 11.7. The Morgan fingerprint density at radius 1 is 1.56 bits per heavy atom. The third-order valence-electron chi connectivity index (χ3n) is 3.80. The second kappa shape index (κ2) is 4.35. The number of hydrogen-bond donors (Lipinski definition) is 1. The van der Waals surface area contributed by atoms with E-state index in [9.17, 15) is 4.79 Å². The summed E-state index contributed by atoms with van der Waals surface area (Å²) in [6.45, 7) is 2.25. The monoisotopic (exact) mass is 260 g/mol. The molecule has 0 fully saturated rings. The Morgan fingerprint density at radius 2 is 2.39 bits per heavy atom. The summed E-state index contributed by atoms with van der Waals surface area (Å²) >= 11 is 1.40. The molecule has 1 aliphatic carbocycles. The van der Waals surface area contributed by atoms with Crippen molar-refractivity contribution in [1.29, 1.82) is 0 Å². The van der Waals surface area contributed by atoms with Gasteiger partial charge in [0.2, 0.25) is 0 Å². The van der Waals surface area contributed by atoms with E-state index in [2.05, 4.69) is 13.0 Å². The molecule has 0 saturated carbocycles. The van der Waals surface area contributed by atoms with Gasteiger partial charge in [0.25, 0.3) is 5.91 Å². The minimum absolute atomic E-state index is 0.359. The summed E-state index contributed by atoms with van der Waals surface area (Å²) in [5.41, 5.74) is 7.89. The predicted octanol–water partition coefficient (Wildman–Crippen LogP) is 2.91.